The molecule has 0 N–H and O–H groups in total. The molecule has 6 heteroatoms. The molecule has 0 atom stereocenters. The maximum atomic E-state index is 11.9. The molecule has 2 heterocycles. The number of halogens is 2. The molecule has 0 aliphatic rings. The third-order valence-electron chi connectivity index (χ3n) is 2.95. The molecule has 2 aromatic heterocycles. The van der Waals surface area contributed by atoms with E-state index in [0.29, 0.717) is 11.8 Å². The van der Waals surface area contributed by atoms with Crippen molar-refractivity contribution in [2.24, 2.45) is 0 Å². The Morgan fingerprint density at radius 3 is 1.81 bits per heavy atom. The normalized spacial score (nSPS) is 9.96. The summed E-state index contributed by atoms with van der Waals surface area (Å²) in [5.41, 5.74) is 1.22. The molecule has 0 unspecified atom stereocenters. The van der Waals surface area contributed by atoms with E-state index in [-0.39, 0.29) is 11.7 Å². The first-order chi connectivity index (χ1) is 12.3. The predicted molar refractivity (Wildman–Crippen MR) is 109 cm³/mol. The Labute approximate surface area is 162 Å². The Hall–Kier alpha value is -1.30. The van der Waals surface area contributed by atoms with E-state index in [4.69, 9.17) is 4.42 Å². The third kappa shape index (κ3) is 9.41. The van der Waals surface area contributed by atoms with Crippen LogP contribution in [0.5, 0.6) is 0 Å². The maximum absolute atomic E-state index is 11.9. The topological polar surface area (TPSA) is 38.9 Å². The maximum Gasteiger partial charge on any atom is 0.297 e. The van der Waals surface area contributed by atoms with Crippen LogP contribution in [0, 0.1) is 6.92 Å². The van der Waals surface area contributed by atoms with Crippen LogP contribution in [0.15, 0.2) is 10.6 Å². The summed E-state index contributed by atoms with van der Waals surface area (Å²) in [6, 6.07) is 0. The van der Waals surface area contributed by atoms with Gasteiger partial charge in [0.15, 0.2) is 11.7 Å². The second kappa shape index (κ2) is 14.8. The highest BCUT2D eigenvalue weighted by molar-refractivity contribution is 7.11. The zero-order valence-corrected chi connectivity index (χ0v) is 18.8. The molecule has 0 fully saturated rings. The van der Waals surface area contributed by atoms with Gasteiger partial charge in [0.25, 0.3) is 6.43 Å². The van der Waals surface area contributed by atoms with Gasteiger partial charge in [-0.1, -0.05) is 62.3 Å². The first-order valence-electron chi connectivity index (χ1n) is 9.46. The van der Waals surface area contributed by atoms with Crippen molar-refractivity contribution in [2.75, 3.05) is 0 Å². The quantitative estimate of drug-likeness (QED) is 0.532. The van der Waals surface area contributed by atoms with Crippen molar-refractivity contribution in [2.45, 2.75) is 93.9 Å². The minimum Gasteiger partial charge on any atom is -0.439 e. The Balaban J connectivity index is 0. The Morgan fingerprint density at radius 1 is 1.04 bits per heavy atom. The van der Waals surface area contributed by atoms with Crippen LogP contribution in [0.25, 0.3) is 0 Å². The SMILES string of the molecule is CC.CC.CC(C)c1ncc(C(F)F)o1.CCc1nc(C)c(C(C)C)s1. The van der Waals surface area contributed by atoms with E-state index in [1.54, 1.807) is 0 Å². The van der Waals surface area contributed by atoms with Gasteiger partial charge in [-0.2, -0.15) is 0 Å². The molecule has 2 aromatic rings. The summed E-state index contributed by atoms with van der Waals surface area (Å²) >= 11 is 1.86. The Kier molecular flexibility index (Phi) is 15.4. The fraction of sp³-hybridized carbons (Fsp3) is 0.700. The Bertz CT molecular complexity index is 556. The van der Waals surface area contributed by atoms with Gasteiger partial charge in [0.05, 0.1) is 16.9 Å². The minimum absolute atomic E-state index is 0.0579. The molecular formula is C20H36F2N2OS. The molecular weight excluding hydrogens is 354 g/mol. The lowest BCUT2D eigenvalue weighted by atomic mass is 10.1. The third-order valence-corrected chi connectivity index (χ3v) is 4.56. The average molecular weight is 391 g/mol. The largest absolute Gasteiger partial charge is 0.439 e. The van der Waals surface area contributed by atoms with Crippen molar-refractivity contribution >= 4 is 11.3 Å². The molecule has 0 bridgehead atoms. The highest BCUT2D eigenvalue weighted by Gasteiger charge is 2.14. The van der Waals surface area contributed by atoms with Crippen molar-refractivity contribution in [3.05, 3.63) is 33.4 Å². The van der Waals surface area contributed by atoms with Crippen LogP contribution < -0.4 is 0 Å². The number of oxazole rings is 1. The molecule has 152 valence electrons. The predicted octanol–water partition coefficient (Wildman–Crippen LogP) is 7.93. The van der Waals surface area contributed by atoms with Crippen LogP contribution in [0.1, 0.15) is 108 Å². The molecule has 2 rings (SSSR count). The number of thiazole rings is 1. The average Bonchev–Trinajstić information content (AvgIpc) is 3.26. The van der Waals surface area contributed by atoms with Gasteiger partial charge in [0, 0.05) is 10.8 Å². The van der Waals surface area contributed by atoms with E-state index >= 15 is 0 Å². The summed E-state index contributed by atoms with van der Waals surface area (Å²) in [4.78, 5) is 9.61. The number of nitrogens with zero attached hydrogens (tertiary/aromatic N) is 2. The van der Waals surface area contributed by atoms with Gasteiger partial charge in [0.1, 0.15) is 0 Å². The van der Waals surface area contributed by atoms with Crippen LogP contribution in [0.2, 0.25) is 0 Å². The second-order valence-corrected chi connectivity index (χ2v) is 6.74. The molecule has 26 heavy (non-hydrogen) atoms. The van der Waals surface area contributed by atoms with Crippen LogP contribution in [0.4, 0.5) is 8.78 Å². The van der Waals surface area contributed by atoms with Gasteiger partial charge in [-0.15, -0.1) is 11.3 Å². The number of rotatable bonds is 4. The molecule has 0 aromatic carbocycles. The van der Waals surface area contributed by atoms with Gasteiger partial charge >= 0.3 is 0 Å². The van der Waals surface area contributed by atoms with E-state index in [2.05, 4.69) is 37.7 Å². The molecule has 0 saturated heterocycles. The molecule has 0 saturated carbocycles. The molecule has 3 nitrogen and oxygen atoms in total. The van der Waals surface area contributed by atoms with Crippen molar-refractivity contribution in [3.8, 4) is 0 Å². The van der Waals surface area contributed by atoms with Crippen LogP contribution in [-0.4, -0.2) is 9.97 Å². The first-order valence-corrected chi connectivity index (χ1v) is 10.3. The van der Waals surface area contributed by atoms with E-state index in [1.165, 1.54) is 15.6 Å². The standard InChI is InChI=1S/C9H15NS.C7H9F2NO.2C2H6/c1-5-8-10-7(4)9(11-8)6(2)3;1-4(2)7-10-3-5(11-7)6(8)9;2*1-2/h6H,5H2,1-4H3;3-4,6H,1-2H3;2*1-2H3. The van der Waals surface area contributed by atoms with E-state index < -0.39 is 6.43 Å². The molecule has 0 spiro atoms. The molecule has 0 aliphatic carbocycles. The van der Waals surface area contributed by atoms with Gasteiger partial charge in [-0.3, -0.25) is 0 Å². The summed E-state index contributed by atoms with van der Waals surface area (Å²) < 4.78 is 28.6. The lowest BCUT2D eigenvalue weighted by Crippen LogP contribution is -1.84. The van der Waals surface area contributed by atoms with Crippen LogP contribution in [0.3, 0.4) is 0 Å². The van der Waals surface area contributed by atoms with Gasteiger partial charge in [-0.25, -0.2) is 18.7 Å². The smallest absolute Gasteiger partial charge is 0.297 e. The van der Waals surface area contributed by atoms with Gasteiger partial charge in [-0.05, 0) is 19.3 Å². The fourth-order valence-electron chi connectivity index (χ4n) is 1.82. The highest BCUT2D eigenvalue weighted by Crippen LogP contribution is 2.26. The summed E-state index contributed by atoms with van der Waals surface area (Å²) in [5.74, 6) is 0.698. The van der Waals surface area contributed by atoms with E-state index in [0.717, 1.165) is 12.6 Å². The number of alkyl halides is 2. The van der Waals surface area contributed by atoms with Crippen LogP contribution >= 0.6 is 11.3 Å². The number of hydrogen-bond donors (Lipinski definition) is 0. The number of aromatic nitrogens is 2. The van der Waals surface area contributed by atoms with Gasteiger partial charge in [0.2, 0.25) is 0 Å². The lowest BCUT2D eigenvalue weighted by molar-refractivity contribution is 0.119. The summed E-state index contributed by atoms with van der Waals surface area (Å²) in [7, 11) is 0. The summed E-state index contributed by atoms with van der Waals surface area (Å²) in [6.45, 7) is 20.4. The van der Waals surface area contributed by atoms with Crippen molar-refractivity contribution in [1.29, 1.82) is 0 Å². The minimum atomic E-state index is -2.56. The summed E-state index contributed by atoms with van der Waals surface area (Å²) in [5, 5.41) is 1.27. The lowest BCUT2D eigenvalue weighted by Gasteiger charge is -1.99. The van der Waals surface area contributed by atoms with Crippen LogP contribution in [-0.2, 0) is 6.42 Å². The zero-order valence-electron chi connectivity index (χ0n) is 18.0. The highest BCUT2D eigenvalue weighted by atomic mass is 32.1. The fourth-order valence-corrected chi connectivity index (χ4v) is 2.83. The zero-order chi connectivity index (χ0) is 20.9. The number of hydrogen-bond acceptors (Lipinski definition) is 4. The summed E-state index contributed by atoms with van der Waals surface area (Å²) in [6.07, 6.45) is -0.423. The van der Waals surface area contributed by atoms with Gasteiger partial charge < -0.3 is 4.42 Å². The number of aryl methyl sites for hydroxylation is 2. The van der Waals surface area contributed by atoms with Crippen molar-refractivity contribution in [1.82, 2.24) is 9.97 Å². The second-order valence-electron chi connectivity index (χ2n) is 5.62. The van der Waals surface area contributed by atoms with E-state index in [1.807, 2.05) is 52.9 Å². The first kappa shape index (κ1) is 26.9. The molecule has 0 amide bonds. The van der Waals surface area contributed by atoms with E-state index in [9.17, 15) is 8.78 Å². The monoisotopic (exact) mass is 390 g/mol. The van der Waals surface area contributed by atoms with Crippen molar-refractivity contribution < 1.29 is 13.2 Å². The molecule has 0 radical (unpaired) electrons. The Morgan fingerprint density at radius 2 is 1.58 bits per heavy atom. The van der Waals surface area contributed by atoms with Crippen molar-refractivity contribution in [3.63, 3.8) is 0 Å². The molecule has 0 aliphatic heterocycles.